The first-order valence-electron chi connectivity index (χ1n) is 2.55. The molecule has 0 saturated carbocycles. The summed E-state index contributed by atoms with van der Waals surface area (Å²) in [6.07, 6.45) is 3.34. The highest BCUT2D eigenvalue weighted by atomic mass is 14.7. The van der Waals surface area contributed by atoms with Crippen molar-refractivity contribution in [1.29, 1.82) is 0 Å². The Morgan fingerprint density at radius 1 is 1.71 bits per heavy atom. The Balaban J connectivity index is 3.13. The average Bonchev–Trinajstić information content (AvgIpc) is 1.77. The Morgan fingerprint density at radius 3 is 3.00 bits per heavy atom. The van der Waals surface area contributed by atoms with Crippen molar-refractivity contribution in [1.82, 2.24) is 9.97 Å². The molecule has 0 saturated heterocycles. The Morgan fingerprint density at radius 2 is 2.57 bits per heavy atom. The maximum absolute atomic E-state index is 7.05. The van der Waals surface area contributed by atoms with Gasteiger partial charge in [0.05, 0.1) is 7.06 Å². The van der Waals surface area contributed by atoms with E-state index >= 15 is 0 Å². The summed E-state index contributed by atoms with van der Waals surface area (Å²) in [6, 6.07) is 0. The number of rotatable bonds is 0. The van der Waals surface area contributed by atoms with Crippen molar-refractivity contribution in [3.05, 3.63) is 24.3 Å². The van der Waals surface area contributed by atoms with Crippen LogP contribution in [0.1, 0.15) is 7.06 Å². The molecule has 1 rings (SSSR count). The van der Waals surface area contributed by atoms with Gasteiger partial charge in [0.2, 0.25) is 0 Å². The van der Waals surface area contributed by atoms with E-state index in [9.17, 15) is 0 Å². The molecular weight excluding hydrogens is 88.1 g/mol. The lowest BCUT2D eigenvalue weighted by atomic mass is 10.5. The van der Waals surface area contributed by atoms with Crippen LogP contribution in [0.4, 0.5) is 0 Å². The molecule has 1 aromatic rings. The summed E-state index contributed by atoms with van der Waals surface area (Å²) in [5, 5.41) is 0. The summed E-state index contributed by atoms with van der Waals surface area (Å²) in [4.78, 5) is 7.51. The van der Waals surface area contributed by atoms with Crippen LogP contribution in [0.15, 0.2) is 18.6 Å². The third-order valence-corrected chi connectivity index (χ3v) is 0.636. The van der Waals surface area contributed by atoms with E-state index in [1.54, 1.807) is 13.1 Å². The molecule has 0 bridgehead atoms. The Hall–Kier alpha value is -0.920. The molecule has 0 aromatic carbocycles. The number of aryl methyl sites for hydroxylation is 1. The molecule has 0 aliphatic rings. The predicted molar refractivity (Wildman–Crippen MR) is 26.8 cm³/mol. The summed E-state index contributed by atoms with van der Waals surface area (Å²) < 4.78 is 7.05. The Labute approximate surface area is 43.6 Å². The van der Waals surface area contributed by atoms with E-state index in [4.69, 9.17) is 1.37 Å². The molecule has 36 valence electrons. The average molecular weight is 95.1 g/mol. The van der Waals surface area contributed by atoms with Crippen LogP contribution in [0.25, 0.3) is 0 Å². The summed E-state index contributed by atoms with van der Waals surface area (Å²) in [7, 11) is 0. The number of nitrogens with zero attached hydrogens (tertiary/aromatic N) is 2. The fourth-order valence-electron chi connectivity index (χ4n) is 0.338. The molecule has 2 nitrogen and oxygen atoms in total. The van der Waals surface area contributed by atoms with Crippen molar-refractivity contribution in [2.24, 2.45) is 0 Å². The van der Waals surface area contributed by atoms with Gasteiger partial charge in [0.25, 0.3) is 0 Å². The highest BCUT2D eigenvalue weighted by Gasteiger charge is 1.74. The minimum Gasteiger partial charge on any atom is -0.261 e. The molecule has 0 spiro atoms. The number of hydrogen-bond donors (Lipinski definition) is 0. The summed E-state index contributed by atoms with van der Waals surface area (Å²) in [6.45, 7) is 1.76. The third-order valence-electron chi connectivity index (χ3n) is 0.636. The van der Waals surface area contributed by atoms with Crippen molar-refractivity contribution in [3.8, 4) is 0 Å². The zero-order chi connectivity index (χ0) is 5.98. The maximum atomic E-state index is 7.05. The molecule has 0 amide bonds. The van der Waals surface area contributed by atoms with Crippen molar-refractivity contribution >= 4 is 0 Å². The molecular formula is C5H6N2. The number of hydrogen-bond acceptors (Lipinski definition) is 2. The van der Waals surface area contributed by atoms with E-state index in [0.717, 1.165) is 0 Å². The Kier molecular flexibility index (Phi) is 0.754. The summed E-state index contributed by atoms with van der Waals surface area (Å²) in [5.74, 6) is 0. The molecule has 0 atom stereocenters. The standard InChI is InChI=1S/C5H6N2/c1-5-4-6-2-3-7-5/h2-4H,1H3/i4D. The molecule has 7 heavy (non-hydrogen) atoms. The Bertz CT molecular complexity index is 167. The first-order chi connectivity index (χ1) is 3.80. The first kappa shape index (κ1) is 3.13. The highest BCUT2D eigenvalue weighted by Crippen LogP contribution is 1.81. The smallest absolute Gasteiger partial charge is 0.0859 e. The topological polar surface area (TPSA) is 25.8 Å². The van der Waals surface area contributed by atoms with Gasteiger partial charge < -0.3 is 0 Å². The molecule has 0 N–H and O–H groups in total. The predicted octanol–water partition coefficient (Wildman–Crippen LogP) is 0.785. The van der Waals surface area contributed by atoms with Crippen molar-refractivity contribution in [3.63, 3.8) is 0 Å². The van der Waals surface area contributed by atoms with E-state index in [-0.39, 0.29) is 6.17 Å². The van der Waals surface area contributed by atoms with Crippen LogP contribution in [-0.2, 0) is 0 Å². The minimum atomic E-state index is 0.257. The normalized spacial score (nSPS) is 10.7. The SMILES string of the molecule is [2H]c1nccnc1C. The molecule has 0 unspecified atom stereocenters. The van der Waals surface area contributed by atoms with Crippen LogP contribution in [0.2, 0.25) is 0 Å². The largest absolute Gasteiger partial charge is 0.261 e. The second-order valence-electron chi connectivity index (χ2n) is 1.25. The molecule has 0 fully saturated rings. The van der Waals surface area contributed by atoms with Crippen molar-refractivity contribution in [2.75, 3.05) is 0 Å². The lowest BCUT2D eigenvalue weighted by molar-refractivity contribution is 1.12. The van der Waals surface area contributed by atoms with Gasteiger partial charge in [0.1, 0.15) is 0 Å². The molecule has 1 aromatic heterocycles. The van der Waals surface area contributed by atoms with E-state index in [1.165, 1.54) is 6.20 Å². The van der Waals surface area contributed by atoms with Gasteiger partial charge in [-0.05, 0) is 6.92 Å². The second-order valence-corrected chi connectivity index (χ2v) is 1.25. The zero-order valence-electron chi connectivity index (χ0n) is 5.05. The van der Waals surface area contributed by atoms with Gasteiger partial charge >= 0.3 is 0 Å². The van der Waals surface area contributed by atoms with Crippen LogP contribution in [0.5, 0.6) is 0 Å². The quantitative estimate of drug-likeness (QED) is 0.476. The van der Waals surface area contributed by atoms with Gasteiger partial charge in [-0.15, -0.1) is 0 Å². The van der Waals surface area contributed by atoms with Crippen LogP contribution in [-0.4, -0.2) is 9.97 Å². The van der Waals surface area contributed by atoms with Gasteiger partial charge in [-0.2, -0.15) is 0 Å². The zero-order valence-corrected chi connectivity index (χ0v) is 4.05. The van der Waals surface area contributed by atoms with E-state index in [2.05, 4.69) is 9.97 Å². The second kappa shape index (κ2) is 1.69. The lowest BCUT2D eigenvalue weighted by Crippen LogP contribution is -1.77. The van der Waals surface area contributed by atoms with Crippen LogP contribution in [0.3, 0.4) is 0 Å². The van der Waals surface area contributed by atoms with Crippen LogP contribution in [0, 0.1) is 6.92 Å². The maximum Gasteiger partial charge on any atom is 0.0859 e. The molecule has 0 aliphatic carbocycles. The van der Waals surface area contributed by atoms with Crippen molar-refractivity contribution in [2.45, 2.75) is 6.92 Å². The highest BCUT2D eigenvalue weighted by molar-refractivity contribution is 4.88. The molecule has 1 heterocycles. The van der Waals surface area contributed by atoms with Crippen molar-refractivity contribution < 1.29 is 1.37 Å². The fourth-order valence-corrected chi connectivity index (χ4v) is 0.338. The fraction of sp³-hybridized carbons (Fsp3) is 0.200. The van der Waals surface area contributed by atoms with E-state index < -0.39 is 0 Å². The number of aromatic nitrogens is 2. The van der Waals surface area contributed by atoms with E-state index in [0.29, 0.717) is 5.69 Å². The minimum absolute atomic E-state index is 0.257. The van der Waals surface area contributed by atoms with Gasteiger partial charge in [-0.3, -0.25) is 9.97 Å². The van der Waals surface area contributed by atoms with Gasteiger partial charge in [0, 0.05) is 18.6 Å². The van der Waals surface area contributed by atoms with Gasteiger partial charge in [0.15, 0.2) is 0 Å². The van der Waals surface area contributed by atoms with Crippen LogP contribution >= 0.6 is 0 Å². The summed E-state index contributed by atoms with van der Waals surface area (Å²) in [5.41, 5.74) is 0.674. The van der Waals surface area contributed by atoms with Gasteiger partial charge in [-0.1, -0.05) is 0 Å². The lowest BCUT2D eigenvalue weighted by Gasteiger charge is -1.81. The molecule has 0 aliphatic heterocycles. The monoisotopic (exact) mass is 95.1 g/mol. The van der Waals surface area contributed by atoms with E-state index in [1.807, 2.05) is 0 Å². The first-order valence-corrected chi connectivity index (χ1v) is 2.05. The van der Waals surface area contributed by atoms with Gasteiger partial charge in [-0.25, -0.2) is 0 Å². The van der Waals surface area contributed by atoms with Crippen LogP contribution < -0.4 is 0 Å². The molecule has 0 radical (unpaired) electrons. The molecule has 2 heteroatoms. The summed E-state index contributed by atoms with van der Waals surface area (Å²) >= 11 is 0. The third kappa shape index (κ3) is 0.961.